The minimum atomic E-state index is -4.88. The Morgan fingerprint density at radius 2 is 1.66 bits per heavy atom. The topological polar surface area (TPSA) is 204 Å². The van der Waals surface area contributed by atoms with Crippen molar-refractivity contribution in [2.45, 2.75) is 140 Å². The maximum Gasteiger partial charge on any atom is 0.472 e. The van der Waals surface area contributed by atoms with Gasteiger partial charge in [-0.3, -0.25) is 9.05 Å². The van der Waals surface area contributed by atoms with E-state index in [-0.39, 0.29) is 36.0 Å². The van der Waals surface area contributed by atoms with E-state index in [0.717, 1.165) is 25.3 Å². The van der Waals surface area contributed by atoms with E-state index < -0.39 is 49.4 Å². The van der Waals surface area contributed by atoms with E-state index in [9.17, 15) is 29.3 Å². The molecule has 2 aromatic heterocycles. The molecule has 5 rings (SSSR count). The van der Waals surface area contributed by atoms with Gasteiger partial charge in [0.05, 0.1) is 31.5 Å². The van der Waals surface area contributed by atoms with Crippen molar-refractivity contribution in [1.82, 2.24) is 14.6 Å². The highest BCUT2D eigenvalue weighted by Crippen LogP contribution is 2.67. The van der Waals surface area contributed by atoms with E-state index >= 15 is 0 Å². The number of fused-ring (bicyclic) bond motifs is 2. The standard InChI is InChI=1S/C40H57FN5O9P/c1-3-4-5-6-7-8-9-10-11-12-13-14-15-16-17-20-51-26-32(52-25-30-21-29(24-42)22-31(41)23-30)27-53-56(49,50)55-38-39(2)40(38,48)36(47)35(54-39)33-18-19-34-37(43)44-28-45-46(33)34/h18-19,21-23,28,32,38,47-48H,3-17,20,25-27H2,1-2H3,(H,49,50)(H2,43,44,45)/t32-,38?,39-,40-/m1/s1. The Morgan fingerprint density at radius 1 is 1.02 bits per heavy atom. The molecule has 0 saturated heterocycles. The summed E-state index contributed by atoms with van der Waals surface area (Å²) in [7, 11) is -4.88. The fraction of sp³-hybridized carbons (Fsp3) is 0.625. The molecule has 3 heterocycles. The molecule has 308 valence electrons. The number of hydrogen-bond donors (Lipinski definition) is 4. The maximum atomic E-state index is 14.1. The lowest BCUT2D eigenvalue weighted by Crippen LogP contribution is -2.26. The Balaban J connectivity index is 1.06. The number of aliphatic hydroxyl groups excluding tert-OH is 1. The largest absolute Gasteiger partial charge is 0.506 e. The van der Waals surface area contributed by atoms with Crippen LogP contribution < -0.4 is 5.73 Å². The fourth-order valence-electron chi connectivity index (χ4n) is 7.22. The number of hydrogen-bond acceptors (Lipinski definition) is 12. The number of phosphoric ester groups is 1. The van der Waals surface area contributed by atoms with Crippen molar-refractivity contribution < 1.29 is 47.3 Å². The summed E-state index contributed by atoms with van der Waals surface area (Å²) in [5.74, 6) is -1.11. The van der Waals surface area contributed by atoms with Crippen LogP contribution in [0.15, 0.2) is 42.4 Å². The molecular formula is C40H57FN5O9P. The number of unbranched alkanes of at least 4 members (excludes halogenated alkanes) is 14. The summed E-state index contributed by atoms with van der Waals surface area (Å²) < 4.78 is 57.0. The number of nitrogen functional groups attached to an aromatic ring is 1. The summed E-state index contributed by atoms with van der Waals surface area (Å²) >= 11 is 0. The van der Waals surface area contributed by atoms with Crippen LogP contribution in [0.3, 0.4) is 0 Å². The molecular weight excluding hydrogens is 744 g/mol. The Hall–Kier alpha value is -3.61. The molecule has 1 fully saturated rings. The van der Waals surface area contributed by atoms with Gasteiger partial charge in [0, 0.05) is 6.61 Å². The van der Waals surface area contributed by atoms with Crippen LogP contribution in [0.1, 0.15) is 127 Å². The van der Waals surface area contributed by atoms with Gasteiger partial charge in [-0.1, -0.05) is 96.8 Å². The number of phosphoric acid groups is 1. The first kappa shape index (κ1) is 43.5. The molecule has 1 aliphatic carbocycles. The van der Waals surface area contributed by atoms with Crippen molar-refractivity contribution in [3.05, 3.63) is 65.1 Å². The van der Waals surface area contributed by atoms with Crippen LogP contribution in [0.2, 0.25) is 0 Å². The third kappa shape index (κ3) is 10.9. The van der Waals surface area contributed by atoms with Gasteiger partial charge in [0.2, 0.25) is 0 Å². The number of rotatable bonds is 27. The van der Waals surface area contributed by atoms with Crippen molar-refractivity contribution in [3.63, 3.8) is 0 Å². The molecule has 14 nitrogen and oxygen atoms in total. The second kappa shape index (κ2) is 20.2. The second-order valence-electron chi connectivity index (χ2n) is 15.0. The smallest absolute Gasteiger partial charge is 0.472 e. The normalized spacial score (nSPS) is 21.8. The van der Waals surface area contributed by atoms with E-state index in [1.807, 2.05) is 6.07 Å². The third-order valence-electron chi connectivity index (χ3n) is 10.6. The van der Waals surface area contributed by atoms with Gasteiger partial charge >= 0.3 is 7.82 Å². The maximum absolute atomic E-state index is 14.1. The van der Waals surface area contributed by atoms with Crippen LogP contribution in [0.5, 0.6) is 0 Å². The Morgan fingerprint density at radius 3 is 2.27 bits per heavy atom. The first-order valence-electron chi connectivity index (χ1n) is 19.9. The summed E-state index contributed by atoms with van der Waals surface area (Å²) in [6, 6.07) is 8.92. The molecule has 0 radical (unpaired) electrons. The molecule has 56 heavy (non-hydrogen) atoms. The number of benzene rings is 1. The van der Waals surface area contributed by atoms with E-state index in [0.29, 0.717) is 17.7 Å². The van der Waals surface area contributed by atoms with E-state index in [4.69, 9.17) is 29.0 Å². The van der Waals surface area contributed by atoms with Crippen molar-refractivity contribution in [3.8, 4) is 6.07 Å². The minimum absolute atomic E-state index is 0.000551. The van der Waals surface area contributed by atoms with Gasteiger partial charge in [-0.15, -0.1) is 0 Å². The lowest BCUT2D eigenvalue weighted by Gasteiger charge is -2.21. The fourth-order valence-corrected chi connectivity index (χ4v) is 8.26. The first-order chi connectivity index (χ1) is 26.9. The van der Waals surface area contributed by atoms with Gasteiger partial charge in [-0.2, -0.15) is 10.4 Å². The van der Waals surface area contributed by atoms with Crippen molar-refractivity contribution in [1.29, 1.82) is 5.26 Å². The zero-order valence-corrected chi connectivity index (χ0v) is 33.4. The molecule has 2 unspecified atom stereocenters. The van der Waals surface area contributed by atoms with Crippen molar-refractivity contribution in [2.75, 3.05) is 25.6 Å². The molecule has 1 aliphatic heterocycles. The van der Waals surface area contributed by atoms with Gasteiger partial charge in [-0.05, 0) is 49.2 Å². The highest BCUT2D eigenvalue weighted by atomic mass is 31.2. The molecule has 0 bridgehead atoms. The first-order valence-corrected chi connectivity index (χ1v) is 21.4. The number of nitrogens with zero attached hydrogens (tertiary/aromatic N) is 4. The average molecular weight is 802 g/mol. The van der Waals surface area contributed by atoms with Gasteiger partial charge in [0.25, 0.3) is 0 Å². The zero-order valence-electron chi connectivity index (χ0n) is 32.5. The number of halogens is 1. The SMILES string of the molecule is CCCCCCCCCCCCCCCCCOC[C@H](COP(=O)(O)OC1[C@]2(O)C(O)=C(c3ccc4c(N)ncnn34)O[C@]12C)OCc1cc(F)cc(C#N)c1. The van der Waals surface area contributed by atoms with Crippen LogP contribution in [0.4, 0.5) is 10.2 Å². The molecule has 16 heteroatoms. The lowest BCUT2D eigenvalue weighted by molar-refractivity contribution is -0.0522. The quantitative estimate of drug-likeness (QED) is 0.0426. The van der Waals surface area contributed by atoms with Gasteiger partial charge < -0.3 is 35.1 Å². The predicted molar refractivity (Wildman–Crippen MR) is 207 cm³/mol. The highest BCUT2D eigenvalue weighted by Gasteiger charge is 2.86. The van der Waals surface area contributed by atoms with Crippen LogP contribution >= 0.6 is 7.82 Å². The van der Waals surface area contributed by atoms with Gasteiger partial charge in [-0.25, -0.2) is 18.5 Å². The number of aliphatic hydroxyl groups is 2. The molecule has 0 amide bonds. The van der Waals surface area contributed by atoms with Crippen molar-refractivity contribution in [2.24, 2.45) is 0 Å². The number of ether oxygens (including phenoxy) is 3. The minimum Gasteiger partial charge on any atom is -0.506 e. The van der Waals surface area contributed by atoms with Crippen LogP contribution in [-0.2, 0) is 34.4 Å². The lowest BCUT2D eigenvalue weighted by atomic mass is 10.0. The molecule has 1 saturated carbocycles. The Bertz CT molecular complexity index is 1870. The van der Waals surface area contributed by atoms with Crippen LogP contribution in [0.25, 0.3) is 11.3 Å². The molecule has 1 aromatic carbocycles. The van der Waals surface area contributed by atoms with Gasteiger partial charge in [0.15, 0.2) is 34.6 Å². The van der Waals surface area contributed by atoms with Gasteiger partial charge in [0.1, 0.15) is 29.5 Å². The molecule has 3 aromatic rings. The summed E-state index contributed by atoms with van der Waals surface area (Å²) in [5, 5.41) is 35.8. The molecule has 0 spiro atoms. The van der Waals surface area contributed by atoms with Crippen molar-refractivity contribution >= 4 is 24.9 Å². The molecule has 5 N–H and O–H groups in total. The van der Waals surface area contributed by atoms with E-state index in [1.165, 1.54) is 107 Å². The average Bonchev–Trinajstić information content (AvgIpc) is 3.43. The Labute approximate surface area is 328 Å². The van der Waals surface area contributed by atoms with Crippen LogP contribution in [0, 0.1) is 17.1 Å². The molecule has 2 aliphatic rings. The number of aromatic nitrogens is 3. The zero-order chi connectivity index (χ0) is 40.2. The number of nitrogens with two attached hydrogens (primary N) is 1. The van der Waals surface area contributed by atoms with E-state index in [2.05, 4.69) is 17.0 Å². The van der Waals surface area contributed by atoms with Crippen LogP contribution in [-0.4, -0.2) is 72.9 Å². The highest BCUT2D eigenvalue weighted by molar-refractivity contribution is 7.47. The summed E-state index contributed by atoms with van der Waals surface area (Å²) in [4.78, 5) is 14.6. The van der Waals surface area contributed by atoms with E-state index in [1.54, 1.807) is 12.1 Å². The Kier molecular flexibility index (Phi) is 15.7. The predicted octanol–water partition coefficient (Wildman–Crippen LogP) is 8.06. The summed E-state index contributed by atoms with van der Waals surface area (Å²) in [6.45, 7) is 3.53. The molecule has 5 atom stereocenters. The second-order valence-corrected chi connectivity index (χ2v) is 16.4. The number of anilines is 1. The third-order valence-corrected chi connectivity index (χ3v) is 11.5. The summed E-state index contributed by atoms with van der Waals surface area (Å²) in [5.41, 5.74) is 3.36. The summed E-state index contributed by atoms with van der Waals surface area (Å²) in [6.07, 6.45) is 17.6. The monoisotopic (exact) mass is 801 g/mol. The number of nitriles is 1.